The molecule has 18 heavy (non-hydrogen) atoms. The molecular weight excluding hydrogens is 252 g/mol. The van der Waals surface area contributed by atoms with Gasteiger partial charge < -0.3 is 14.9 Å². The minimum atomic E-state index is -0.802. The van der Waals surface area contributed by atoms with E-state index in [4.69, 9.17) is 0 Å². The highest BCUT2D eigenvalue weighted by Crippen LogP contribution is 2.30. The summed E-state index contributed by atoms with van der Waals surface area (Å²) >= 11 is 1.88. The normalized spacial score (nSPS) is 29.2. The van der Waals surface area contributed by atoms with Gasteiger partial charge >= 0.3 is 12.0 Å². The molecule has 2 rings (SSSR count). The summed E-state index contributed by atoms with van der Waals surface area (Å²) < 4.78 is 0. The Bertz CT molecular complexity index is 342. The molecule has 6 heteroatoms. The number of aliphatic carboxylic acids is 1. The Hall–Kier alpha value is -0.910. The van der Waals surface area contributed by atoms with Gasteiger partial charge in [-0.3, -0.25) is 4.79 Å². The first-order valence-corrected chi connectivity index (χ1v) is 7.53. The second-order valence-corrected chi connectivity index (χ2v) is 6.50. The summed E-state index contributed by atoms with van der Waals surface area (Å²) in [7, 11) is 0. The van der Waals surface area contributed by atoms with Crippen molar-refractivity contribution >= 4 is 23.8 Å². The van der Waals surface area contributed by atoms with Crippen molar-refractivity contribution in [3.8, 4) is 0 Å². The number of carbonyl (C=O) groups excluding carboxylic acids is 1. The van der Waals surface area contributed by atoms with Crippen LogP contribution in [0.25, 0.3) is 0 Å². The number of hydrogen-bond acceptors (Lipinski definition) is 3. The molecule has 2 aliphatic heterocycles. The Morgan fingerprint density at radius 3 is 2.61 bits per heavy atom. The molecule has 0 aromatic carbocycles. The maximum absolute atomic E-state index is 12.3. The van der Waals surface area contributed by atoms with Gasteiger partial charge in [-0.2, -0.15) is 11.8 Å². The van der Waals surface area contributed by atoms with Gasteiger partial charge in [0, 0.05) is 31.9 Å². The van der Waals surface area contributed by atoms with Gasteiger partial charge in [-0.25, -0.2) is 4.79 Å². The molecule has 0 aromatic rings. The molecule has 2 aliphatic rings. The van der Waals surface area contributed by atoms with Gasteiger partial charge in [0.25, 0.3) is 0 Å². The van der Waals surface area contributed by atoms with Crippen molar-refractivity contribution < 1.29 is 14.7 Å². The van der Waals surface area contributed by atoms with Crippen LogP contribution >= 0.6 is 11.8 Å². The summed E-state index contributed by atoms with van der Waals surface area (Å²) in [6.45, 7) is 4.20. The van der Waals surface area contributed by atoms with Crippen LogP contribution in [0.4, 0.5) is 4.79 Å². The van der Waals surface area contributed by atoms with E-state index in [0.717, 1.165) is 31.0 Å². The quantitative estimate of drug-likeness (QED) is 0.782. The lowest BCUT2D eigenvalue weighted by atomic mass is 9.90. The lowest BCUT2D eigenvalue weighted by Gasteiger charge is -2.27. The average molecular weight is 272 g/mol. The van der Waals surface area contributed by atoms with Gasteiger partial charge in [0.15, 0.2) is 0 Å². The van der Waals surface area contributed by atoms with Crippen molar-refractivity contribution in [1.82, 2.24) is 9.80 Å². The van der Waals surface area contributed by atoms with Crippen molar-refractivity contribution in [3.63, 3.8) is 0 Å². The third-order valence-electron chi connectivity index (χ3n) is 3.75. The SMILES string of the molecule is CC1(C(=O)O)CCN(C(=O)N2CCCSCC2)C1. The first-order valence-electron chi connectivity index (χ1n) is 6.38. The molecule has 0 saturated carbocycles. The fraction of sp³-hybridized carbons (Fsp3) is 0.833. The number of carboxylic acid groups (broad SMARTS) is 1. The van der Waals surface area contributed by atoms with Crippen LogP contribution in [0.3, 0.4) is 0 Å². The summed E-state index contributed by atoms with van der Waals surface area (Å²) in [6, 6.07) is 0.0162. The number of carboxylic acids is 1. The summed E-state index contributed by atoms with van der Waals surface area (Å²) in [5.41, 5.74) is -0.768. The molecule has 0 aliphatic carbocycles. The molecule has 0 bridgehead atoms. The van der Waals surface area contributed by atoms with E-state index in [1.807, 2.05) is 16.7 Å². The van der Waals surface area contributed by atoms with Crippen LogP contribution in [0.1, 0.15) is 19.8 Å². The third kappa shape index (κ3) is 2.74. The molecule has 0 spiro atoms. The second kappa shape index (κ2) is 5.38. The summed E-state index contributed by atoms with van der Waals surface area (Å²) in [5.74, 6) is 1.29. The number of rotatable bonds is 1. The Kier molecular flexibility index (Phi) is 4.04. The fourth-order valence-electron chi connectivity index (χ4n) is 2.44. The maximum atomic E-state index is 12.3. The van der Waals surface area contributed by atoms with Crippen molar-refractivity contribution in [2.45, 2.75) is 19.8 Å². The molecule has 2 heterocycles. The molecule has 0 aromatic heterocycles. The van der Waals surface area contributed by atoms with Crippen LogP contribution in [0.15, 0.2) is 0 Å². The van der Waals surface area contributed by atoms with Gasteiger partial charge in [-0.05, 0) is 25.5 Å². The van der Waals surface area contributed by atoms with E-state index >= 15 is 0 Å². The summed E-state index contributed by atoms with van der Waals surface area (Å²) in [5, 5.41) is 9.17. The zero-order valence-electron chi connectivity index (χ0n) is 10.7. The van der Waals surface area contributed by atoms with Gasteiger partial charge in [0.2, 0.25) is 0 Å². The predicted octanol–water partition coefficient (Wildman–Crippen LogP) is 1.34. The topological polar surface area (TPSA) is 60.9 Å². The largest absolute Gasteiger partial charge is 0.481 e. The van der Waals surface area contributed by atoms with E-state index in [-0.39, 0.29) is 6.03 Å². The number of urea groups is 1. The van der Waals surface area contributed by atoms with Crippen molar-refractivity contribution in [2.24, 2.45) is 5.41 Å². The fourth-order valence-corrected chi connectivity index (χ4v) is 3.32. The maximum Gasteiger partial charge on any atom is 0.320 e. The zero-order chi connectivity index (χ0) is 13.2. The highest BCUT2D eigenvalue weighted by Gasteiger charge is 2.43. The average Bonchev–Trinajstić information content (AvgIpc) is 2.59. The number of thioether (sulfide) groups is 1. The van der Waals surface area contributed by atoms with Gasteiger partial charge in [0.1, 0.15) is 0 Å². The Morgan fingerprint density at radius 2 is 1.94 bits per heavy atom. The number of amides is 2. The molecule has 2 saturated heterocycles. The third-order valence-corrected chi connectivity index (χ3v) is 4.80. The molecule has 5 nitrogen and oxygen atoms in total. The monoisotopic (exact) mass is 272 g/mol. The minimum Gasteiger partial charge on any atom is -0.481 e. The molecule has 102 valence electrons. The highest BCUT2D eigenvalue weighted by molar-refractivity contribution is 7.99. The van der Waals surface area contributed by atoms with Crippen molar-refractivity contribution in [2.75, 3.05) is 37.7 Å². The van der Waals surface area contributed by atoms with Crippen LogP contribution in [0.5, 0.6) is 0 Å². The predicted molar refractivity (Wildman–Crippen MR) is 70.8 cm³/mol. The van der Waals surface area contributed by atoms with Gasteiger partial charge in [0.05, 0.1) is 5.41 Å². The van der Waals surface area contributed by atoms with Crippen LogP contribution in [-0.4, -0.2) is 64.6 Å². The molecule has 1 unspecified atom stereocenters. The molecule has 2 amide bonds. The first-order chi connectivity index (χ1) is 8.53. The molecule has 1 atom stereocenters. The van der Waals surface area contributed by atoms with Crippen LogP contribution in [0, 0.1) is 5.41 Å². The minimum absolute atomic E-state index is 0.0162. The molecular formula is C12H20N2O3S. The Morgan fingerprint density at radius 1 is 1.17 bits per heavy atom. The number of carbonyl (C=O) groups is 2. The highest BCUT2D eigenvalue weighted by atomic mass is 32.2. The van der Waals surface area contributed by atoms with Gasteiger partial charge in [-0.15, -0.1) is 0 Å². The number of nitrogens with zero attached hydrogens (tertiary/aromatic N) is 2. The van der Waals surface area contributed by atoms with Gasteiger partial charge in [-0.1, -0.05) is 0 Å². The van der Waals surface area contributed by atoms with E-state index < -0.39 is 11.4 Å². The lowest BCUT2D eigenvalue weighted by Crippen LogP contribution is -2.44. The van der Waals surface area contributed by atoms with E-state index in [1.54, 1.807) is 11.8 Å². The van der Waals surface area contributed by atoms with Crippen LogP contribution < -0.4 is 0 Å². The molecule has 0 radical (unpaired) electrons. The Labute approximate surface area is 112 Å². The second-order valence-electron chi connectivity index (χ2n) is 5.27. The number of likely N-dealkylation sites (tertiary alicyclic amines) is 1. The Balaban J connectivity index is 1.96. The van der Waals surface area contributed by atoms with E-state index in [2.05, 4.69) is 0 Å². The standard InChI is InChI=1S/C12H20N2O3S/c1-12(10(15)16)3-5-14(9-12)11(17)13-4-2-7-18-8-6-13/h2-9H2,1H3,(H,15,16). The van der Waals surface area contributed by atoms with Crippen LogP contribution in [0.2, 0.25) is 0 Å². The van der Waals surface area contributed by atoms with Crippen LogP contribution in [-0.2, 0) is 4.79 Å². The van der Waals surface area contributed by atoms with Crippen molar-refractivity contribution in [1.29, 1.82) is 0 Å². The van der Waals surface area contributed by atoms with E-state index in [9.17, 15) is 14.7 Å². The smallest absolute Gasteiger partial charge is 0.320 e. The lowest BCUT2D eigenvalue weighted by molar-refractivity contribution is -0.147. The zero-order valence-corrected chi connectivity index (χ0v) is 11.5. The summed E-state index contributed by atoms with van der Waals surface area (Å²) in [6.07, 6.45) is 1.58. The summed E-state index contributed by atoms with van der Waals surface area (Å²) in [4.78, 5) is 27.0. The molecule has 1 N–H and O–H groups in total. The number of hydrogen-bond donors (Lipinski definition) is 1. The van der Waals surface area contributed by atoms with E-state index in [0.29, 0.717) is 19.5 Å². The first kappa shape index (κ1) is 13.5. The van der Waals surface area contributed by atoms with Crippen molar-refractivity contribution in [3.05, 3.63) is 0 Å². The molecule has 2 fully saturated rings. The van der Waals surface area contributed by atoms with E-state index in [1.165, 1.54) is 0 Å².